The zero-order valence-electron chi connectivity index (χ0n) is 11.7. The Morgan fingerprint density at radius 2 is 1.83 bits per heavy atom. The van der Waals surface area contributed by atoms with Crippen molar-refractivity contribution in [3.8, 4) is 0 Å². The third-order valence-electron chi connectivity index (χ3n) is 4.32. The molecule has 3 N–H and O–H groups in total. The number of nitrogens with one attached hydrogen (secondary N) is 1. The van der Waals surface area contributed by atoms with Crippen LogP contribution in [0.4, 0.5) is 0 Å². The average Bonchev–Trinajstić information content (AvgIpc) is 2.39. The molecule has 2 rings (SSSR count). The van der Waals surface area contributed by atoms with Crippen molar-refractivity contribution in [2.24, 2.45) is 16.6 Å². The molecule has 1 aliphatic carbocycles. The number of aliphatic imine (C=N–C) groups is 1. The van der Waals surface area contributed by atoms with Crippen LogP contribution in [-0.2, 0) is 0 Å². The van der Waals surface area contributed by atoms with Crippen molar-refractivity contribution in [3.05, 3.63) is 0 Å². The van der Waals surface area contributed by atoms with Crippen molar-refractivity contribution in [2.75, 3.05) is 26.7 Å². The first kappa shape index (κ1) is 13.7. The lowest BCUT2D eigenvalue weighted by atomic mass is 9.96. The molecule has 1 saturated carbocycles. The number of hydrogen-bond acceptors (Lipinski definition) is 2. The van der Waals surface area contributed by atoms with Crippen molar-refractivity contribution in [2.45, 2.75) is 51.0 Å². The topological polar surface area (TPSA) is 53.6 Å². The fraction of sp³-hybridized carbons (Fsp3) is 0.929. The van der Waals surface area contributed by atoms with E-state index < -0.39 is 0 Å². The van der Waals surface area contributed by atoms with Gasteiger partial charge in [-0.15, -0.1) is 0 Å². The standard InChI is InChI=1S/C14H28N4/c1-18-9-7-12(8-10-18)11-16-14(15)17-13-5-3-2-4-6-13/h12-13H,2-11H2,1H3,(H3,15,16,17). The predicted molar refractivity (Wildman–Crippen MR) is 76.7 cm³/mol. The molecular formula is C14H28N4. The summed E-state index contributed by atoms with van der Waals surface area (Å²) in [5.74, 6) is 1.40. The van der Waals surface area contributed by atoms with Gasteiger partial charge in [0.2, 0.25) is 0 Å². The van der Waals surface area contributed by atoms with E-state index in [0.717, 1.165) is 12.5 Å². The van der Waals surface area contributed by atoms with Gasteiger partial charge in [0.05, 0.1) is 0 Å². The average molecular weight is 252 g/mol. The number of nitrogens with zero attached hydrogens (tertiary/aromatic N) is 2. The number of hydrogen-bond donors (Lipinski definition) is 2. The molecule has 0 amide bonds. The molecule has 0 aromatic carbocycles. The Balaban J connectivity index is 1.68. The van der Waals surface area contributed by atoms with Crippen molar-refractivity contribution in [1.29, 1.82) is 0 Å². The largest absolute Gasteiger partial charge is 0.370 e. The lowest BCUT2D eigenvalue weighted by Gasteiger charge is -2.28. The van der Waals surface area contributed by atoms with E-state index in [4.69, 9.17) is 5.73 Å². The second-order valence-electron chi connectivity index (χ2n) is 5.95. The van der Waals surface area contributed by atoms with E-state index in [2.05, 4.69) is 22.3 Å². The highest BCUT2D eigenvalue weighted by atomic mass is 15.1. The van der Waals surface area contributed by atoms with E-state index in [1.54, 1.807) is 0 Å². The SMILES string of the molecule is CN1CCC(CN=C(N)NC2CCCCC2)CC1. The van der Waals surface area contributed by atoms with Crippen LogP contribution >= 0.6 is 0 Å². The maximum atomic E-state index is 5.98. The molecule has 0 unspecified atom stereocenters. The number of likely N-dealkylation sites (tertiary alicyclic amines) is 1. The zero-order chi connectivity index (χ0) is 12.8. The Morgan fingerprint density at radius 1 is 1.17 bits per heavy atom. The second-order valence-corrected chi connectivity index (χ2v) is 5.95. The molecule has 0 aromatic heterocycles. The van der Waals surface area contributed by atoms with Crippen LogP contribution in [-0.4, -0.2) is 43.6 Å². The van der Waals surface area contributed by atoms with Gasteiger partial charge in [0, 0.05) is 12.6 Å². The molecule has 104 valence electrons. The first-order chi connectivity index (χ1) is 8.74. The molecule has 18 heavy (non-hydrogen) atoms. The Bertz CT molecular complexity index is 263. The maximum absolute atomic E-state index is 5.98. The van der Waals surface area contributed by atoms with Gasteiger partial charge in [-0.1, -0.05) is 19.3 Å². The van der Waals surface area contributed by atoms with Crippen LogP contribution in [0.15, 0.2) is 4.99 Å². The Hall–Kier alpha value is -0.770. The highest BCUT2D eigenvalue weighted by molar-refractivity contribution is 5.78. The van der Waals surface area contributed by atoms with Crippen molar-refractivity contribution >= 4 is 5.96 Å². The van der Waals surface area contributed by atoms with E-state index in [9.17, 15) is 0 Å². The number of piperidine rings is 1. The van der Waals surface area contributed by atoms with Crippen LogP contribution in [0.2, 0.25) is 0 Å². The van der Waals surface area contributed by atoms with Crippen LogP contribution in [0.3, 0.4) is 0 Å². The van der Waals surface area contributed by atoms with Gasteiger partial charge >= 0.3 is 0 Å². The third-order valence-corrected chi connectivity index (χ3v) is 4.32. The Kier molecular flexibility index (Phi) is 5.29. The fourth-order valence-electron chi connectivity index (χ4n) is 2.97. The Labute approximate surface area is 111 Å². The molecule has 1 heterocycles. The van der Waals surface area contributed by atoms with Gasteiger partial charge in [-0.2, -0.15) is 0 Å². The van der Waals surface area contributed by atoms with Crippen molar-refractivity contribution < 1.29 is 0 Å². The minimum atomic E-state index is 0.569. The summed E-state index contributed by atoms with van der Waals surface area (Å²) in [7, 11) is 2.19. The molecule has 0 radical (unpaired) electrons. The van der Waals surface area contributed by atoms with Gasteiger partial charge in [0.15, 0.2) is 5.96 Å². The molecule has 1 aliphatic heterocycles. The fourth-order valence-corrected chi connectivity index (χ4v) is 2.97. The minimum Gasteiger partial charge on any atom is -0.370 e. The normalized spacial score (nSPS) is 25.3. The third kappa shape index (κ3) is 4.48. The van der Waals surface area contributed by atoms with Crippen LogP contribution in [0.5, 0.6) is 0 Å². The van der Waals surface area contributed by atoms with Gasteiger partial charge in [-0.3, -0.25) is 4.99 Å². The summed E-state index contributed by atoms with van der Waals surface area (Å²) in [5.41, 5.74) is 5.98. The van der Waals surface area contributed by atoms with Crippen LogP contribution < -0.4 is 11.1 Å². The summed E-state index contributed by atoms with van der Waals surface area (Å²) in [6.45, 7) is 3.31. The lowest BCUT2D eigenvalue weighted by molar-refractivity contribution is 0.223. The molecule has 0 aromatic rings. The van der Waals surface area contributed by atoms with E-state index in [-0.39, 0.29) is 0 Å². The highest BCUT2D eigenvalue weighted by Crippen LogP contribution is 2.18. The quantitative estimate of drug-likeness (QED) is 0.592. The Morgan fingerprint density at radius 3 is 2.50 bits per heavy atom. The number of guanidine groups is 1. The summed E-state index contributed by atoms with van der Waals surface area (Å²) < 4.78 is 0. The summed E-state index contributed by atoms with van der Waals surface area (Å²) >= 11 is 0. The molecule has 2 aliphatic rings. The van der Waals surface area contributed by atoms with E-state index in [1.165, 1.54) is 58.0 Å². The van der Waals surface area contributed by atoms with Crippen LogP contribution in [0.1, 0.15) is 44.9 Å². The van der Waals surface area contributed by atoms with Gasteiger partial charge in [0.1, 0.15) is 0 Å². The molecule has 0 atom stereocenters. The predicted octanol–water partition coefficient (Wildman–Crippen LogP) is 1.57. The van der Waals surface area contributed by atoms with Gasteiger partial charge in [0.25, 0.3) is 0 Å². The van der Waals surface area contributed by atoms with Crippen LogP contribution in [0, 0.1) is 5.92 Å². The highest BCUT2D eigenvalue weighted by Gasteiger charge is 2.17. The first-order valence-corrected chi connectivity index (χ1v) is 7.49. The van der Waals surface area contributed by atoms with E-state index in [1.807, 2.05) is 0 Å². The summed E-state index contributed by atoms with van der Waals surface area (Å²) in [6, 6.07) is 0.569. The molecule has 0 bridgehead atoms. The van der Waals surface area contributed by atoms with Gasteiger partial charge < -0.3 is 16.0 Å². The van der Waals surface area contributed by atoms with E-state index in [0.29, 0.717) is 12.0 Å². The summed E-state index contributed by atoms with van der Waals surface area (Å²) in [5, 5.41) is 3.38. The minimum absolute atomic E-state index is 0.569. The molecule has 2 fully saturated rings. The number of nitrogens with two attached hydrogens (primary N) is 1. The smallest absolute Gasteiger partial charge is 0.188 e. The second kappa shape index (κ2) is 6.98. The van der Waals surface area contributed by atoms with Gasteiger partial charge in [-0.05, 0) is 51.7 Å². The number of rotatable bonds is 3. The van der Waals surface area contributed by atoms with Crippen molar-refractivity contribution in [1.82, 2.24) is 10.2 Å². The molecular weight excluding hydrogens is 224 g/mol. The maximum Gasteiger partial charge on any atom is 0.188 e. The van der Waals surface area contributed by atoms with Crippen molar-refractivity contribution in [3.63, 3.8) is 0 Å². The lowest BCUT2D eigenvalue weighted by Crippen LogP contribution is -2.41. The van der Waals surface area contributed by atoms with Crippen LogP contribution in [0.25, 0.3) is 0 Å². The van der Waals surface area contributed by atoms with Gasteiger partial charge in [-0.25, -0.2) is 0 Å². The van der Waals surface area contributed by atoms with E-state index >= 15 is 0 Å². The first-order valence-electron chi connectivity index (χ1n) is 7.49. The molecule has 0 spiro atoms. The summed E-state index contributed by atoms with van der Waals surface area (Å²) in [4.78, 5) is 6.92. The molecule has 4 nitrogen and oxygen atoms in total. The zero-order valence-corrected chi connectivity index (χ0v) is 11.7. The molecule has 1 saturated heterocycles. The molecule has 4 heteroatoms. The summed E-state index contributed by atoms with van der Waals surface area (Å²) in [6.07, 6.45) is 9.08. The monoisotopic (exact) mass is 252 g/mol.